The monoisotopic (exact) mass is 330 g/mol. The van der Waals surface area contributed by atoms with Crippen LogP contribution in [0.4, 0.5) is 4.39 Å². The van der Waals surface area contributed by atoms with Crippen molar-refractivity contribution in [2.24, 2.45) is 5.92 Å². The fourth-order valence-electron chi connectivity index (χ4n) is 3.82. The maximum Gasteiger partial charge on any atom is 0.254 e. The topological polar surface area (TPSA) is 23.6 Å². The molecule has 120 valence electrons. The summed E-state index contributed by atoms with van der Waals surface area (Å²) in [7, 11) is 0. The fourth-order valence-corrected chi connectivity index (χ4v) is 4.55. The zero-order chi connectivity index (χ0) is 15.8. The normalized spacial score (nSPS) is 24.1. The highest BCUT2D eigenvalue weighted by atomic mass is 32.1. The molecule has 0 spiro atoms. The van der Waals surface area contributed by atoms with Crippen molar-refractivity contribution in [1.29, 1.82) is 0 Å². The number of nitrogens with zero attached hydrogens (tertiary/aromatic N) is 2. The lowest BCUT2D eigenvalue weighted by Crippen LogP contribution is -2.45. The lowest BCUT2D eigenvalue weighted by molar-refractivity contribution is 0.0667. The van der Waals surface area contributed by atoms with Gasteiger partial charge < -0.3 is 4.90 Å². The number of carbonyl (C=O) groups is 1. The molecular formula is C18H19FN2OS. The SMILES string of the molecule is O=C(c1cccc(F)c1)N1CC2CC(C1)N(Cc1cccs1)C2. The first kappa shape index (κ1) is 14.8. The second-order valence-electron chi connectivity index (χ2n) is 6.48. The maximum absolute atomic E-state index is 13.4. The van der Waals surface area contributed by atoms with Gasteiger partial charge in [-0.3, -0.25) is 9.69 Å². The Morgan fingerprint density at radius 1 is 1.22 bits per heavy atom. The predicted molar refractivity (Wildman–Crippen MR) is 88.9 cm³/mol. The van der Waals surface area contributed by atoms with Gasteiger partial charge in [0.2, 0.25) is 0 Å². The Kier molecular flexibility index (Phi) is 3.91. The summed E-state index contributed by atoms with van der Waals surface area (Å²) in [6.07, 6.45) is 1.16. The summed E-state index contributed by atoms with van der Waals surface area (Å²) in [6.45, 7) is 3.56. The van der Waals surface area contributed by atoms with E-state index in [4.69, 9.17) is 0 Å². The number of piperidine rings is 1. The second kappa shape index (κ2) is 6.06. The van der Waals surface area contributed by atoms with Crippen molar-refractivity contribution in [1.82, 2.24) is 9.80 Å². The van der Waals surface area contributed by atoms with Gasteiger partial charge in [-0.15, -0.1) is 11.3 Å². The van der Waals surface area contributed by atoms with Crippen molar-refractivity contribution in [2.75, 3.05) is 19.6 Å². The molecule has 2 saturated heterocycles. The molecule has 2 bridgehead atoms. The van der Waals surface area contributed by atoms with Crippen LogP contribution in [-0.4, -0.2) is 41.4 Å². The van der Waals surface area contributed by atoms with E-state index in [9.17, 15) is 9.18 Å². The number of benzene rings is 1. The number of carbonyl (C=O) groups excluding carboxylic acids is 1. The van der Waals surface area contributed by atoms with Crippen molar-refractivity contribution < 1.29 is 9.18 Å². The Balaban J connectivity index is 1.46. The smallest absolute Gasteiger partial charge is 0.254 e. The molecule has 2 unspecified atom stereocenters. The van der Waals surface area contributed by atoms with Crippen LogP contribution in [0.1, 0.15) is 21.7 Å². The summed E-state index contributed by atoms with van der Waals surface area (Å²) in [5.41, 5.74) is 0.455. The van der Waals surface area contributed by atoms with Crippen LogP contribution in [0.3, 0.4) is 0 Å². The number of fused-ring (bicyclic) bond motifs is 2. The zero-order valence-corrected chi connectivity index (χ0v) is 13.6. The van der Waals surface area contributed by atoms with E-state index in [1.165, 1.54) is 17.0 Å². The van der Waals surface area contributed by atoms with Crippen LogP contribution in [0.5, 0.6) is 0 Å². The largest absolute Gasteiger partial charge is 0.337 e. The number of amides is 1. The van der Waals surface area contributed by atoms with Crippen LogP contribution >= 0.6 is 11.3 Å². The van der Waals surface area contributed by atoms with Crippen LogP contribution in [0, 0.1) is 11.7 Å². The zero-order valence-electron chi connectivity index (χ0n) is 12.8. The van der Waals surface area contributed by atoms with Gasteiger partial charge in [0.1, 0.15) is 5.82 Å². The first-order valence-electron chi connectivity index (χ1n) is 8.00. The van der Waals surface area contributed by atoms with Crippen molar-refractivity contribution in [2.45, 2.75) is 19.0 Å². The van der Waals surface area contributed by atoms with Crippen molar-refractivity contribution >= 4 is 17.2 Å². The van der Waals surface area contributed by atoms with Crippen LogP contribution in [0.2, 0.25) is 0 Å². The molecule has 1 aromatic carbocycles. The van der Waals surface area contributed by atoms with Crippen LogP contribution in [0.15, 0.2) is 41.8 Å². The van der Waals surface area contributed by atoms with E-state index in [0.29, 0.717) is 17.5 Å². The van der Waals surface area contributed by atoms with E-state index >= 15 is 0 Å². The first-order chi connectivity index (χ1) is 11.2. The molecule has 2 atom stereocenters. The third-order valence-corrected chi connectivity index (χ3v) is 5.68. The van der Waals surface area contributed by atoms with Gasteiger partial charge in [-0.2, -0.15) is 0 Å². The third kappa shape index (κ3) is 3.03. The van der Waals surface area contributed by atoms with Gasteiger partial charge in [0, 0.05) is 42.7 Å². The average Bonchev–Trinajstić information content (AvgIpc) is 3.15. The molecule has 2 aliphatic rings. The van der Waals surface area contributed by atoms with Gasteiger partial charge in [-0.05, 0) is 42.0 Å². The summed E-state index contributed by atoms with van der Waals surface area (Å²) < 4.78 is 13.4. The van der Waals surface area contributed by atoms with E-state index in [0.717, 1.165) is 32.6 Å². The summed E-state index contributed by atoms with van der Waals surface area (Å²) in [4.78, 5) is 18.4. The quantitative estimate of drug-likeness (QED) is 0.863. The van der Waals surface area contributed by atoms with Crippen molar-refractivity contribution in [3.05, 3.63) is 58.0 Å². The highest BCUT2D eigenvalue weighted by Crippen LogP contribution is 2.32. The molecule has 3 heterocycles. The number of thiophene rings is 1. The molecule has 0 radical (unpaired) electrons. The van der Waals surface area contributed by atoms with Gasteiger partial charge in [0.05, 0.1) is 0 Å². The van der Waals surface area contributed by atoms with E-state index in [-0.39, 0.29) is 11.7 Å². The summed E-state index contributed by atoms with van der Waals surface area (Å²) in [5.74, 6) is 0.138. The van der Waals surface area contributed by atoms with Gasteiger partial charge >= 0.3 is 0 Å². The minimum absolute atomic E-state index is 0.0443. The molecule has 3 nitrogen and oxygen atoms in total. The van der Waals surface area contributed by atoms with Gasteiger partial charge in [0.25, 0.3) is 5.91 Å². The van der Waals surface area contributed by atoms with Crippen LogP contribution < -0.4 is 0 Å². The molecule has 1 aromatic heterocycles. The Labute approximate surface area is 139 Å². The maximum atomic E-state index is 13.4. The molecule has 2 aliphatic heterocycles. The van der Waals surface area contributed by atoms with Gasteiger partial charge in [-0.1, -0.05) is 12.1 Å². The molecule has 1 amide bonds. The molecule has 2 aromatic rings. The molecule has 0 saturated carbocycles. The summed E-state index contributed by atoms with van der Waals surface area (Å²) in [6, 6.07) is 10.7. The number of likely N-dealkylation sites (tertiary alicyclic amines) is 2. The minimum Gasteiger partial charge on any atom is -0.337 e. The number of hydrogen-bond acceptors (Lipinski definition) is 3. The number of hydrogen-bond donors (Lipinski definition) is 0. The third-order valence-electron chi connectivity index (χ3n) is 4.82. The van der Waals surface area contributed by atoms with E-state index < -0.39 is 0 Å². The van der Waals surface area contributed by atoms with Crippen LogP contribution in [-0.2, 0) is 6.54 Å². The second-order valence-corrected chi connectivity index (χ2v) is 7.52. The highest BCUT2D eigenvalue weighted by molar-refractivity contribution is 7.09. The molecule has 23 heavy (non-hydrogen) atoms. The molecular weight excluding hydrogens is 311 g/mol. The van der Waals surface area contributed by atoms with Crippen molar-refractivity contribution in [3.63, 3.8) is 0 Å². The molecule has 0 aliphatic carbocycles. The van der Waals surface area contributed by atoms with E-state index in [1.54, 1.807) is 23.5 Å². The number of halogens is 1. The Hall–Kier alpha value is -1.72. The minimum atomic E-state index is -0.352. The van der Waals surface area contributed by atoms with E-state index in [1.807, 2.05) is 4.90 Å². The Morgan fingerprint density at radius 2 is 2.13 bits per heavy atom. The van der Waals surface area contributed by atoms with Gasteiger partial charge in [-0.25, -0.2) is 4.39 Å². The molecule has 5 heteroatoms. The molecule has 0 N–H and O–H groups in total. The lowest BCUT2D eigenvalue weighted by atomic mass is 9.99. The predicted octanol–water partition coefficient (Wildman–Crippen LogP) is 3.23. The Morgan fingerprint density at radius 3 is 2.91 bits per heavy atom. The number of rotatable bonds is 3. The van der Waals surface area contributed by atoms with Crippen molar-refractivity contribution in [3.8, 4) is 0 Å². The van der Waals surface area contributed by atoms with E-state index in [2.05, 4.69) is 22.4 Å². The molecule has 4 rings (SSSR count). The summed E-state index contributed by atoms with van der Waals surface area (Å²) in [5, 5.41) is 2.11. The Bertz CT molecular complexity index is 703. The highest BCUT2D eigenvalue weighted by Gasteiger charge is 2.40. The lowest BCUT2D eigenvalue weighted by Gasteiger charge is -2.33. The van der Waals surface area contributed by atoms with Gasteiger partial charge in [0.15, 0.2) is 0 Å². The first-order valence-corrected chi connectivity index (χ1v) is 8.88. The van der Waals surface area contributed by atoms with Crippen LogP contribution in [0.25, 0.3) is 0 Å². The fraction of sp³-hybridized carbons (Fsp3) is 0.389. The average molecular weight is 330 g/mol. The molecule has 2 fully saturated rings. The standard InChI is InChI=1S/C18H19FN2OS/c19-15-4-1-3-14(8-15)18(22)21-10-13-7-16(11-21)20(9-13)12-17-5-2-6-23-17/h1-6,8,13,16H,7,9-12H2. The summed E-state index contributed by atoms with van der Waals surface area (Å²) >= 11 is 1.79.